The first-order chi connectivity index (χ1) is 12.8. The predicted molar refractivity (Wildman–Crippen MR) is 92.9 cm³/mol. The quantitative estimate of drug-likeness (QED) is 0.418. The Morgan fingerprint density at radius 2 is 2.11 bits per heavy atom. The minimum absolute atomic E-state index is 0.0493. The van der Waals surface area contributed by atoms with Crippen LogP contribution in [0.15, 0.2) is 24.3 Å². The van der Waals surface area contributed by atoms with Gasteiger partial charge in [0.1, 0.15) is 6.04 Å². The lowest BCUT2D eigenvalue weighted by atomic mass is 10.1. The van der Waals surface area contributed by atoms with Gasteiger partial charge in [-0.05, 0) is 19.9 Å². The van der Waals surface area contributed by atoms with Crippen LogP contribution in [-0.4, -0.2) is 59.4 Å². The van der Waals surface area contributed by atoms with Gasteiger partial charge in [0.2, 0.25) is 5.91 Å². The number of nitrogens with one attached hydrogen (secondary N) is 1. The summed E-state index contributed by atoms with van der Waals surface area (Å²) in [5, 5.41) is 13.7. The maximum atomic E-state index is 12.8. The molecule has 0 aromatic heterocycles. The molecule has 0 spiro atoms. The van der Waals surface area contributed by atoms with E-state index in [0.717, 1.165) is 0 Å². The lowest BCUT2D eigenvalue weighted by molar-refractivity contribution is -0.386. The number of carbonyl (C=O) groups is 3. The molecule has 27 heavy (non-hydrogen) atoms. The Morgan fingerprint density at radius 1 is 1.41 bits per heavy atom. The third-order valence-electron chi connectivity index (χ3n) is 3.99. The van der Waals surface area contributed by atoms with Crippen LogP contribution in [0.3, 0.4) is 0 Å². The third kappa shape index (κ3) is 4.93. The highest BCUT2D eigenvalue weighted by atomic mass is 16.6. The van der Waals surface area contributed by atoms with Gasteiger partial charge < -0.3 is 19.7 Å². The van der Waals surface area contributed by atoms with Crippen molar-refractivity contribution < 1.29 is 28.8 Å². The Morgan fingerprint density at radius 3 is 2.78 bits per heavy atom. The van der Waals surface area contributed by atoms with Crippen molar-refractivity contribution in [3.05, 3.63) is 34.4 Å². The molecule has 146 valence electrons. The lowest BCUT2D eigenvalue weighted by Gasteiger charge is -2.35. The fraction of sp³-hybridized carbons (Fsp3) is 0.471. The van der Waals surface area contributed by atoms with Gasteiger partial charge in [0, 0.05) is 19.2 Å². The fourth-order valence-electron chi connectivity index (χ4n) is 2.74. The maximum Gasteiger partial charge on any atom is 0.310 e. The van der Waals surface area contributed by atoms with Crippen molar-refractivity contribution in [1.29, 1.82) is 0 Å². The average Bonchev–Trinajstić information content (AvgIpc) is 2.63. The number of rotatable bonds is 7. The van der Waals surface area contributed by atoms with E-state index >= 15 is 0 Å². The first-order valence-corrected chi connectivity index (χ1v) is 8.49. The molecule has 0 radical (unpaired) electrons. The Hall–Kier alpha value is -3.17. The number of carbonyl (C=O) groups excluding carboxylic acids is 3. The van der Waals surface area contributed by atoms with Crippen LogP contribution in [0.25, 0.3) is 0 Å². The molecule has 1 N–H and O–H groups in total. The van der Waals surface area contributed by atoms with Crippen molar-refractivity contribution in [2.24, 2.45) is 0 Å². The highest BCUT2D eigenvalue weighted by Gasteiger charge is 2.37. The van der Waals surface area contributed by atoms with Crippen LogP contribution in [0.4, 0.5) is 5.69 Å². The number of nitrogens with zero attached hydrogens (tertiary/aromatic N) is 2. The maximum absolute atomic E-state index is 12.8. The molecule has 1 aromatic carbocycles. The van der Waals surface area contributed by atoms with Crippen molar-refractivity contribution >= 4 is 23.5 Å². The first kappa shape index (κ1) is 20.1. The van der Waals surface area contributed by atoms with Crippen molar-refractivity contribution in [3.63, 3.8) is 0 Å². The van der Waals surface area contributed by atoms with Crippen molar-refractivity contribution in [1.82, 2.24) is 10.2 Å². The van der Waals surface area contributed by atoms with Crippen LogP contribution in [0.5, 0.6) is 5.75 Å². The van der Waals surface area contributed by atoms with Crippen LogP contribution >= 0.6 is 0 Å². The highest BCUT2D eigenvalue weighted by Crippen LogP contribution is 2.27. The zero-order valence-corrected chi connectivity index (χ0v) is 15.0. The Balaban J connectivity index is 2.14. The van der Waals surface area contributed by atoms with Crippen LogP contribution in [0.1, 0.15) is 20.3 Å². The monoisotopic (exact) mass is 379 g/mol. The minimum Gasteiger partial charge on any atom is -0.474 e. The molecule has 0 unspecified atom stereocenters. The molecule has 2 rings (SSSR count). The molecule has 1 heterocycles. The molecule has 1 aliphatic rings. The molecule has 0 bridgehead atoms. The van der Waals surface area contributed by atoms with Crippen LogP contribution in [0, 0.1) is 10.1 Å². The average molecular weight is 379 g/mol. The van der Waals surface area contributed by atoms with Gasteiger partial charge >= 0.3 is 11.7 Å². The summed E-state index contributed by atoms with van der Waals surface area (Å²) in [5.41, 5.74) is -0.267. The second kappa shape index (κ2) is 8.97. The van der Waals surface area contributed by atoms with E-state index in [9.17, 15) is 24.5 Å². The summed E-state index contributed by atoms with van der Waals surface area (Å²) in [5.74, 6) is -1.64. The molecule has 2 amide bonds. The van der Waals surface area contributed by atoms with E-state index in [1.54, 1.807) is 13.0 Å². The molecule has 2 atom stereocenters. The number of nitro benzene ring substituents is 1. The molecule has 1 aliphatic heterocycles. The standard InChI is InChI=1S/C17H21N3O7/c1-3-26-15(21)10-13-16(22)18-8-9-19(13)17(23)11(2)27-14-7-5-4-6-12(14)20(24)25/h4-7,11,13H,3,8-10H2,1-2H3,(H,18,22)/t11-,13-/m1/s1. The van der Waals surface area contributed by atoms with Crippen LogP contribution < -0.4 is 10.1 Å². The number of esters is 1. The third-order valence-corrected chi connectivity index (χ3v) is 3.99. The molecule has 10 heteroatoms. The zero-order chi connectivity index (χ0) is 20.0. The lowest BCUT2D eigenvalue weighted by Crippen LogP contribution is -2.60. The summed E-state index contributed by atoms with van der Waals surface area (Å²) in [7, 11) is 0. The molecule has 1 saturated heterocycles. The molecule has 1 aromatic rings. The fourth-order valence-corrected chi connectivity index (χ4v) is 2.74. The smallest absolute Gasteiger partial charge is 0.310 e. The number of hydrogen-bond donors (Lipinski definition) is 1. The van der Waals surface area contributed by atoms with E-state index in [4.69, 9.17) is 9.47 Å². The van der Waals surface area contributed by atoms with E-state index in [0.29, 0.717) is 0 Å². The van der Waals surface area contributed by atoms with E-state index in [-0.39, 0.29) is 37.6 Å². The number of piperazine rings is 1. The Bertz CT molecular complexity index is 737. The number of amides is 2. The van der Waals surface area contributed by atoms with Crippen molar-refractivity contribution in [2.45, 2.75) is 32.4 Å². The number of hydrogen-bond acceptors (Lipinski definition) is 7. The predicted octanol–water partition coefficient (Wildman–Crippen LogP) is 0.642. The molecule has 0 aliphatic carbocycles. The molecule has 0 saturated carbocycles. The number of benzene rings is 1. The molecular weight excluding hydrogens is 358 g/mol. The van der Waals surface area contributed by atoms with Crippen LogP contribution in [0.2, 0.25) is 0 Å². The van der Waals surface area contributed by atoms with Gasteiger partial charge in [0.05, 0.1) is 18.0 Å². The molecule has 10 nitrogen and oxygen atoms in total. The molecule has 1 fully saturated rings. The van der Waals surface area contributed by atoms with Crippen molar-refractivity contribution in [3.8, 4) is 5.75 Å². The number of nitro groups is 1. The summed E-state index contributed by atoms with van der Waals surface area (Å²) in [6, 6.07) is 4.69. The van der Waals surface area contributed by atoms with Gasteiger partial charge in [-0.3, -0.25) is 24.5 Å². The number of ether oxygens (including phenoxy) is 2. The Kier molecular flexibility index (Phi) is 6.69. The SMILES string of the molecule is CCOC(=O)C[C@@H]1C(=O)NCCN1C(=O)[C@@H](C)Oc1ccccc1[N+](=O)[O-]. The normalized spacial score (nSPS) is 17.6. The molecular formula is C17H21N3O7. The highest BCUT2D eigenvalue weighted by molar-refractivity contribution is 5.93. The van der Waals surface area contributed by atoms with Gasteiger partial charge in [-0.1, -0.05) is 12.1 Å². The zero-order valence-electron chi connectivity index (χ0n) is 15.0. The summed E-state index contributed by atoms with van der Waals surface area (Å²) in [4.78, 5) is 48.4. The summed E-state index contributed by atoms with van der Waals surface area (Å²) in [6.45, 7) is 3.68. The van der Waals surface area contributed by atoms with E-state index in [1.165, 1.54) is 30.0 Å². The van der Waals surface area contributed by atoms with Gasteiger partial charge in [-0.15, -0.1) is 0 Å². The van der Waals surface area contributed by atoms with Gasteiger partial charge in [-0.25, -0.2) is 0 Å². The van der Waals surface area contributed by atoms with Crippen LogP contribution in [-0.2, 0) is 19.1 Å². The largest absolute Gasteiger partial charge is 0.474 e. The van der Waals surface area contributed by atoms with Crippen molar-refractivity contribution in [2.75, 3.05) is 19.7 Å². The number of para-hydroxylation sites is 2. The van der Waals surface area contributed by atoms with E-state index in [1.807, 2.05) is 0 Å². The second-order valence-electron chi connectivity index (χ2n) is 5.83. The van der Waals surface area contributed by atoms with Gasteiger partial charge in [0.15, 0.2) is 11.9 Å². The minimum atomic E-state index is -1.08. The van der Waals surface area contributed by atoms with Gasteiger partial charge in [-0.2, -0.15) is 0 Å². The van der Waals surface area contributed by atoms with E-state index in [2.05, 4.69) is 5.32 Å². The Labute approximate surface area is 155 Å². The topological polar surface area (TPSA) is 128 Å². The summed E-state index contributed by atoms with van der Waals surface area (Å²) >= 11 is 0. The van der Waals surface area contributed by atoms with E-state index < -0.39 is 34.9 Å². The van der Waals surface area contributed by atoms with Gasteiger partial charge in [0.25, 0.3) is 5.91 Å². The second-order valence-corrected chi connectivity index (χ2v) is 5.83. The first-order valence-electron chi connectivity index (χ1n) is 8.49. The summed E-state index contributed by atoms with van der Waals surface area (Å²) < 4.78 is 10.3. The summed E-state index contributed by atoms with van der Waals surface area (Å²) in [6.07, 6.45) is -1.36.